The van der Waals surface area contributed by atoms with Crippen LogP contribution < -0.4 is 10.3 Å². The minimum absolute atomic E-state index is 0.923. The molecule has 2 nitrogen and oxygen atoms in total. The van der Waals surface area contributed by atoms with E-state index in [2.05, 4.69) is 73.9 Å². The van der Waals surface area contributed by atoms with E-state index in [4.69, 9.17) is 5.73 Å². The lowest BCUT2D eigenvalue weighted by Crippen LogP contribution is -2.44. The van der Waals surface area contributed by atoms with Crippen molar-refractivity contribution in [3.05, 3.63) is 58.9 Å². The highest BCUT2D eigenvalue weighted by molar-refractivity contribution is 5.76. The second-order valence-corrected chi connectivity index (χ2v) is 7.41. The van der Waals surface area contributed by atoms with E-state index < -0.39 is 0 Å². The van der Waals surface area contributed by atoms with Crippen LogP contribution in [-0.2, 0) is 19.4 Å². The van der Waals surface area contributed by atoms with E-state index in [0.717, 1.165) is 25.1 Å². The first kappa shape index (κ1) is 21.2. The SMILES string of the molecule is CCCCc1cc(N)c(C=Cc2ccccc2)c(CCCC)[n+]1CCCC. The van der Waals surface area contributed by atoms with E-state index in [-0.39, 0.29) is 0 Å². The van der Waals surface area contributed by atoms with Crippen molar-refractivity contribution < 1.29 is 4.57 Å². The number of pyridine rings is 1. The highest BCUT2D eigenvalue weighted by Gasteiger charge is 2.22. The standard InChI is InChI=1S/C25H36N2/c1-4-7-15-22-20-24(26)23(18-17-21-13-11-10-12-14-21)25(16-8-5-2)27(22)19-9-6-3/h10-14,17-18,20,26H,4-9,15-16,19H2,1-3H3/p+1. The highest BCUT2D eigenvalue weighted by atomic mass is 15.0. The van der Waals surface area contributed by atoms with Crippen LogP contribution in [-0.4, -0.2) is 0 Å². The van der Waals surface area contributed by atoms with Crippen LogP contribution in [0.3, 0.4) is 0 Å². The second-order valence-electron chi connectivity index (χ2n) is 7.41. The Morgan fingerprint density at radius 2 is 1.52 bits per heavy atom. The maximum atomic E-state index is 6.56. The molecule has 0 spiro atoms. The fourth-order valence-corrected chi connectivity index (χ4v) is 3.53. The maximum Gasteiger partial charge on any atom is 0.190 e. The summed E-state index contributed by atoms with van der Waals surface area (Å²) in [7, 11) is 0. The summed E-state index contributed by atoms with van der Waals surface area (Å²) < 4.78 is 2.58. The van der Waals surface area contributed by atoms with E-state index in [1.54, 1.807) is 0 Å². The van der Waals surface area contributed by atoms with E-state index in [1.807, 2.05) is 0 Å². The zero-order valence-electron chi connectivity index (χ0n) is 17.5. The molecule has 0 saturated heterocycles. The zero-order valence-corrected chi connectivity index (χ0v) is 17.5. The van der Waals surface area contributed by atoms with E-state index in [0.29, 0.717) is 0 Å². The third kappa shape index (κ3) is 6.23. The van der Waals surface area contributed by atoms with Crippen LogP contribution in [0.1, 0.15) is 81.8 Å². The largest absolute Gasteiger partial charge is 0.398 e. The molecule has 1 aromatic heterocycles. The van der Waals surface area contributed by atoms with E-state index in [9.17, 15) is 0 Å². The van der Waals surface area contributed by atoms with Gasteiger partial charge in [-0.15, -0.1) is 0 Å². The summed E-state index contributed by atoms with van der Waals surface area (Å²) in [5, 5.41) is 0. The van der Waals surface area contributed by atoms with Gasteiger partial charge in [0.15, 0.2) is 11.4 Å². The average molecular weight is 366 g/mol. The number of nitrogens with zero attached hydrogens (tertiary/aromatic N) is 1. The summed E-state index contributed by atoms with van der Waals surface area (Å²) >= 11 is 0. The smallest absolute Gasteiger partial charge is 0.190 e. The van der Waals surface area contributed by atoms with Crippen LogP contribution in [0.4, 0.5) is 5.69 Å². The zero-order chi connectivity index (χ0) is 19.5. The van der Waals surface area contributed by atoms with E-state index >= 15 is 0 Å². The van der Waals surface area contributed by atoms with Crippen LogP contribution in [0.5, 0.6) is 0 Å². The summed E-state index contributed by atoms with van der Waals surface area (Å²) in [5.74, 6) is 0. The maximum absolute atomic E-state index is 6.56. The Morgan fingerprint density at radius 3 is 2.19 bits per heavy atom. The van der Waals surface area contributed by atoms with Crippen LogP contribution >= 0.6 is 0 Å². The van der Waals surface area contributed by atoms with Crippen molar-refractivity contribution in [1.82, 2.24) is 0 Å². The number of nitrogens with two attached hydrogens (primary N) is 1. The molecular weight excluding hydrogens is 328 g/mol. The Morgan fingerprint density at radius 1 is 0.852 bits per heavy atom. The van der Waals surface area contributed by atoms with Crippen LogP contribution in [0.25, 0.3) is 12.2 Å². The van der Waals surface area contributed by atoms with Crippen LogP contribution in [0.2, 0.25) is 0 Å². The number of hydrogen-bond donors (Lipinski definition) is 1. The number of benzene rings is 1. The molecule has 1 aromatic carbocycles. The Hall–Kier alpha value is -2.09. The first-order chi connectivity index (χ1) is 13.2. The number of aromatic nitrogens is 1. The molecule has 1 heterocycles. The number of nitrogen functional groups attached to an aromatic ring is 1. The van der Waals surface area contributed by atoms with Gasteiger partial charge in [0.1, 0.15) is 6.54 Å². The quantitative estimate of drug-likeness (QED) is 0.471. The monoisotopic (exact) mass is 365 g/mol. The van der Waals surface area contributed by atoms with Gasteiger partial charge in [-0.2, -0.15) is 4.57 Å². The van der Waals surface area contributed by atoms with Gasteiger partial charge < -0.3 is 5.73 Å². The van der Waals surface area contributed by atoms with Crippen molar-refractivity contribution >= 4 is 17.8 Å². The molecule has 0 aliphatic carbocycles. The van der Waals surface area contributed by atoms with Crippen LogP contribution in [0, 0.1) is 0 Å². The van der Waals surface area contributed by atoms with Gasteiger partial charge in [-0.3, -0.25) is 0 Å². The van der Waals surface area contributed by atoms with Crippen molar-refractivity contribution in [2.75, 3.05) is 5.73 Å². The van der Waals surface area contributed by atoms with Crippen LogP contribution in [0.15, 0.2) is 36.4 Å². The Labute approximate surface area is 166 Å². The lowest BCUT2D eigenvalue weighted by atomic mass is 10.0. The van der Waals surface area contributed by atoms with Crippen molar-refractivity contribution in [3.8, 4) is 0 Å². The molecule has 0 amide bonds. The minimum Gasteiger partial charge on any atom is -0.398 e. The molecule has 2 aromatic rings. The lowest BCUT2D eigenvalue weighted by molar-refractivity contribution is -0.711. The summed E-state index contributed by atoms with van der Waals surface area (Å²) in [6.45, 7) is 7.89. The molecule has 0 atom stereocenters. The van der Waals surface area contributed by atoms with Crippen molar-refractivity contribution in [2.45, 2.75) is 78.7 Å². The predicted octanol–water partition coefficient (Wildman–Crippen LogP) is 6.21. The van der Waals surface area contributed by atoms with Gasteiger partial charge in [0.25, 0.3) is 0 Å². The third-order valence-electron chi connectivity index (χ3n) is 5.15. The molecular formula is C25H37N2+. The molecule has 0 radical (unpaired) electrons. The lowest BCUT2D eigenvalue weighted by Gasteiger charge is -2.14. The van der Waals surface area contributed by atoms with Gasteiger partial charge in [-0.05, 0) is 24.5 Å². The summed E-state index contributed by atoms with van der Waals surface area (Å²) in [4.78, 5) is 0. The third-order valence-corrected chi connectivity index (χ3v) is 5.15. The molecule has 0 bridgehead atoms. The molecule has 0 unspecified atom stereocenters. The van der Waals surface area contributed by atoms with Gasteiger partial charge in [0, 0.05) is 25.3 Å². The molecule has 2 rings (SSSR count). The van der Waals surface area contributed by atoms with Crippen molar-refractivity contribution in [1.29, 1.82) is 0 Å². The highest BCUT2D eigenvalue weighted by Crippen LogP contribution is 2.22. The first-order valence-electron chi connectivity index (χ1n) is 10.8. The Bertz CT molecular complexity index is 717. The van der Waals surface area contributed by atoms with Gasteiger partial charge in [-0.1, -0.05) is 76.4 Å². The summed E-state index contributed by atoms with van der Waals surface area (Å²) in [6, 6.07) is 12.7. The summed E-state index contributed by atoms with van der Waals surface area (Å²) in [6.07, 6.45) is 13.9. The number of hydrogen-bond acceptors (Lipinski definition) is 1. The van der Waals surface area contributed by atoms with Gasteiger partial charge >= 0.3 is 0 Å². The minimum atomic E-state index is 0.923. The average Bonchev–Trinajstić information content (AvgIpc) is 2.69. The molecule has 2 N–H and O–H groups in total. The first-order valence-corrected chi connectivity index (χ1v) is 10.8. The van der Waals surface area contributed by atoms with E-state index in [1.165, 1.54) is 61.0 Å². The number of unbranched alkanes of at least 4 members (excludes halogenated alkanes) is 3. The second kappa shape index (κ2) is 11.6. The fourth-order valence-electron chi connectivity index (χ4n) is 3.53. The van der Waals surface area contributed by atoms with Crippen molar-refractivity contribution in [2.24, 2.45) is 0 Å². The molecule has 0 fully saturated rings. The number of rotatable bonds is 11. The van der Waals surface area contributed by atoms with Gasteiger partial charge in [-0.25, -0.2) is 0 Å². The molecule has 2 heteroatoms. The molecule has 0 saturated carbocycles. The molecule has 0 aliphatic rings. The van der Waals surface area contributed by atoms with Gasteiger partial charge in [0.2, 0.25) is 0 Å². The predicted molar refractivity (Wildman–Crippen MR) is 119 cm³/mol. The molecule has 27 heavy (non-hydrogen) atoms. The van der Waals surface area contributed by atoms with Crippen molar-refractivity contribution in [3.63, 3.8) is 0 Å². The topological polar surface area (TPSA) is 29.9 Å². The Kier molecular flexibility index (Phi) is 9.10. The molecule has 146 valence electrons. The number of anilines is 1. The number of aryl methyl sites for hydroxylation is 1. The normalized spacial score (nSPS) is 11.4. The fraction of sp³-hybridized carbons (Fsp3) is 0.480. The van der Waals surface area contributed by atoms with Gasteiger partial charge in [0.05, 0.1) is 11.3 Å². The molecule has 0 aliphatic heterocycles. The summed E-state index contributed by atoms with van der Waals surface area (Å²) in [5.41, 5.74) is 12.7. The Balaban J connectivity index is 2.49.